The standard InChI is InChI=1S/C20H18N2O4S3/c1-14-22-18(11-26-14)15-4-6-17(7-5-15)29(24,25)21-13-20(23,16-8-10-27-12-16)19-3-2-9-28-19/h2-12,21,23H,13H2,1H3. The number of nitrogens with zero attached hydrogens (tertiary/aromatic N) is 1. The minimum atomic E-state index is -3.82. The van der Waals surface area contributed by atoms with E-state index in [2.05, 4.69) is 9.71 Å². The van der Waals surface area contributed by atoms with Crippen molar-refractivity contribution in [3.05, 3.63) is 81.2 Å². The predicted octanol–water partition coefficient (Wildman–Crippen LogP) is 3.99. The molecule has 150 valence electrons. The van der Waals surface area contributed by atoms with E-state index in [1.807, 2.05) is 22.2 Å². The van der Waals surface area contributed by atoms with Gasteiger partial charge in [-0.15, -0.1) is 11.3 Å². The summed E-state index contributed by atoms with van der Waals surface area (Å²) in [6.07, 6.45) is 1.53. The van der Waals surface area contributed by atoms with Gasteiger partial charge in [0, 0.05) is 29.5 Å². The van der Waals surface area contributed by atoms with E-state index in [-0.39, 0.29) is 11.4 Å². The second-order valence-electron chi connectivity index (χ2n) is 6.45. The fraction of sp³-hybridized carbons (Fsp3) is 0.150. The molecule has 0 aliphatic carbocycles. The van der Waals surface area contributed by atoms with Gasteiger partial charge in [-0.1, -0.05) is 18.2 Å². The van der Waals surface area contributed by atoms with Crippen molar-refractivity contribution in [1.29, 1.82) is 0 Å². The van der Waals surface area contributed by atoms with Crippen molar-refractivity contribution in [1.82, 2.24) is 9.71 Å². The van der Waals surface area contributed by atoms with Crippen LogP contribution in [0.3, 0.4) is 0 Å². The first kappa shape index (κ1) is 20.0. The zero-order valence-corrected chi connectivity index (χ0v) is 17.9. The largest absolute Gasteiger partial charge is 0.449 e. The summed E-state index contributed by atoms with van der Waals surface area (Å²) in [6, 6.07) is 11.8. The van der Waals surface area contributed by atoms with E-state index in [1.54, 1.807) is 31.2 Å². The first-order valence-corrected chi connectivity index (χ1v) is 12.0. The minimum absolute atomic E-state index is 0.111. The fourth-order valence-corrected chi connectivity index (χ4v) is 5.56. The molecule has 0 aliphatic heterocycles. The first-order chi connectivity index (χ1) is 13.9. The zero-order chi connectivity index (χ0) is 20.5. The summed E-state index contributed by atoms with van der Waals surface area (Å²) in [7, 11) is -3.82. The number of sulfonamides is 1. The maximum absolute atomic E-state index is 12.8. The van der Waals surface area contributed by atoms with E-state index in [1.165, 1.54) is 41.1 Å². The van der Waals surface area contributed by atoms with Crippen molar-refractivity contribution in [2.75, 3.05) is 6.54 Å². The summed E-state index contributed by atoms with van der Waals surface area (Å²) in [5, 5.41) is 16.8. The fourth-order valence-electron chi connectivity index (χ4n) is 2.93. The van der Waals surface area contributed by atoms with Crippen LogP contribution >= 0.6 is 22.7 Å². The molecule has 1 unspecified atom stereocenters. The average Bonchev–Trinajstić information content (AvgIpc) is 3.49. The van der Waals surface area contributed by atoms with Crippen molar-refractivity contribution < 1.29 is 17.9 Å². The molecule has 0 spiro atoms. The zero-order valence-electron chi connectivity index (χ0n) is 15.4. The van der Waals surface area contributed by atoms with Crippen molar-refractivity contribution in [3.63, 3.8) is 0 Å². The minimum Gasteiger partial charge on any atom is -0.449 e. The Morgan fingerprint density at radius 3 is 2.55 bits per heavy atom. The highest BCUT2D eigenvalue weighted by atomic mass is 32.2. The number of hydrogen-bond acceptors (Lipinski definition) is 7. The number of aromatic nitrogens is 1. The summed E-state index contributed by atoms with van der Waals surface area (Å²) in [4.78, 5) is 5.02. The molecule has 0 radical (unpaired) electrons. The predicted molar refractivity (Wildman–Crippen MR) is 114 cm³/mol. The molecule has 0 fully saturated rings. The lowest BCUT2D eigenvalue weighted by Gasteiger charge is -2.27. The SMILES string of the molecule is Cc1nc(-c2ccc(S(=O)(=O)NCC(O)(c3ccsc3)c3cccs3)cc2)co1. The monoisotopic (exact) mass is 446 g/mol. The summed E-state index contributed by atoms with van der Waals surface area (Å²) < 4.78 is 33.4. The van der Waals surface area contributed by atoms with Crippen LogP contribution in [0.5, 0.6) is 0 Å². The van der Waals surface area contributed by atoms with E-state index in [4.69, 9.17) is 4.42 Å². The number of benzene rings is 1. The number of oxazole rings is 1. The van der Waals surface area contributed by atoms with E-state index in [0.717, 1.165) is 5.56 Å². The summed E-state index contributed by atoms with van der Waals surface area (Å²) >= 11 is 2.83. The van der Waals surface area contributed by atoms with Gasteiger partial charge in [-0.2, -0.15) is 11.3 Å². The second kappa shape index (κ2) is 7.85. The summed E-state index contributed by atoms with van der Waals surface area (Å²) in [5.74, 6) is 0.541. The number of aliphatic hydroxyl groups is 1. The number of thiophene rings is 2. The highest BCUT2D eigenvalue weighted by Gasteiger charge is 2.34. The van der Waals surface area contributed by atoms with E-state index < -0.39 is 15.6 Å². The molecule has 3 heterocycles. The summed E-state index contributed by atoms with van der Waals surface area (Å²) in [6.45, 7) is 1.57. The molecule has 9 heteroatoms. The molecule has 0 aliphatic rings. The lowest BCUT2D eigenvalue weighted by molar-refractivity contribution is 0.0903. The van der Waals surface area contributed by atoms with Crippen LogP contribution in [0.4, 0.5) is 0 Å². The molecule has 0 amide bonds. The summed E-state index contributed by atoms with van der Waals surface area (Å²) in [5.41, 5.74) is 0.627. The van der Waals surface area contributed by atoms with Crippen molar-refractivity contribution >= 4 is 32.7 Å². The van der Waals surface area contributed by atoms with Crippen LogP contribution in [-0.2, 0) is 15.6 Å². The van der Waals surface area contributed by atoms with Crippen molar-refractivity contribution in [2.45, 2.75) is 17.4 Å². The topological polar surface area (TPSA) is 92.4 Å². The highest BCUT2D eigenvalue weighted by molar-refractivity contribution is 7.89. The maximum atomic E-state index is 12.8. The number of nitrogens with one attached hydrogen (secondary N) is 1. The van der Waals surface area contributed by atoms with Crippen LogP contribution in [-0.4, -0.2) is 25.1 Å². The molecular weight excluding hydrogens is 428 g/mol. The van der Waals surface area contributed by atoms with Gasteiger partial charge in [-0.3, -0.25) is 0 Å². The van der Waals surface area contributed by atoms with Crippen LogP contribution in [0.1, 0.15) is 16.3 Å². The molecule has 29 heavy (non-hydrogen) atoms. The van der Waals surface area contributed by atoms with Crippen LogP contribution in [0.2, 0.25) is 0 Å². The molecule has 4 rings (SSSR count). The molecule has 0 saturated carbocycles. The molecule has 3 aromatic heterocycles. The lowest BCUT2D eigenvalue weighted by atomic mass is 9.95. The second-order valence-corrected chi connectivity index (χ2v) is 9.94. The first-order valence-electron chi connectivity index (χ1n) is 8.70. The van der Waals surface area contributed by atoms with Gasteiger partial charge in [0.25, 0.3) is 0 Å². The van der Waals surface area contributed by atoms with Gasteiger partial charge in [-0.25, -0.2) is 18.1 Å². The van der Waals surface area contributed by atoms with Crippen LogP contribution in [0.15, 0.2) is 74.2 Å². The van der Waals surface area contributed by atoms with Crippen molar-refractivity contribution in [2.24, 2.45) is 0 Å². The molecule has 0 saturated heterocycles. The molecular formula is C20H18N2O4S3. The molecule has 1 aromatic carbocycles. The van der Waals surface area contributed by atoms with Gasteiger partial charge < -0.3 is 9.52 Å². The Labute approximate surface area is 176 Å². The lowest BCUT2D eigenvalue weighted by Crippen LogP contribution is -2.40. The van der Waals surface area contributed by atoms with Gasteiger partial charge in [-0.05, 0) is 40.4 Å². The van der Waals surface area contributed by atoms with Gasteiger partial charge in [0.2, 0.25) is 10.0 Å². The Kier molecular flexibility index (Phi) is 5.41. The highest BCUT2D eigenvalue weighted by Crippen LogP contribution is 2.34. The molecule has 6 nitrogen and oxygen atoms in total. The molecule has 0 bridgehead atoms. The van der Waals surface area contributed by atoms with E-state index in [9.17, 15) is 13.5 Å². The van der Waals surface area contributed by atoms with Gasteiger partial charge >= 0.3 is 0 Å². The van der Waals surface area contributed by atoms with Crippen molar-refractivity contribution in [3.8, 4) is 11.3 Å². The maximum Gasteiger partial charge on any atom is 0.240 e. The molecule has 1 atom stereocenters. The number of aryl methyl sites for hydroxylation is 1. The van der Waals surface area contributed by atoms with Crippen LogP contribution < -0.4 is 4.72 Å². The molecule has 2 N–H and O–H groups in total. The Balaban J connectivity index is 1.56. The van der Waals surface area contributed by atoms with Crippen LogP contribution in [0.25, 0.3) is 11.3 Å². The third-order valence-electron chi connectivity index (χ3n) is 4.52. The Bertz CT molecular complexity index is 1140. The number of hydrogen-bond donors (Lipinski definition) is 2. The van der Waals surface area contributed by atoms with E-state index >= 15 is 0 Å². The Morgan fingerprint density at radius 1 is 1.17 bits per heavy atom. The van der Waals surface area contributed by atoms with E-state index in [0.29, 0.717) is 22.0 Å². The Hall–Kier alpha value is -2.30. The smallest absolute Gasteiger partial charge is 0.240 e. The third kappa shape index (κ3) is 4.05. The van der Waals surface area contributed by atoms with Crippen LogP contribution in [0, 0.1) is 6.92 Å². The normalized spacial score (nSPS) is 14.0. The quantitative estimate of drug-likeness (QED) is 0.448. The number of rotatable bonds is 7. The van der Waals surface area contributed by atoms with Gasteiger partial charge in [0.05, 0.1) is 4.90 Å². The van der Waals surface area contributed by atoms with Gasteiger partial charge in [0.15, 0.2) is 5.89 Å². The average molecular weight is 447 g/mol. The Morgan fingerprint density at radius 2 is 1.97 bits per heavy atom. The third-order valence-corrected chi connectivity index (χ3v) is 7.65. The molecule has 4 aromatic rings. The van der Waals surface area contributed by atoms with Gasteiger partial charge in [0.1, 0.15) is 17.6 Å².